The normalized spacial score (nSPS) is 14.9. The Balaban J connectivity index is 1.02. The van der Waals surface area contributed by atoms with Gasteiger partial charge in [0.05, 0.1) is 40.5 Å². The first-order valence-electron chi connectivity index (χ1n) is 18.5. The highest BCUT2D eigenvalue weighted by atomic mass is 35.5. The molecule has 0 bridgehead atoms. The third-order valence-electron chi connectivity index (χ3n) is 10.4. The molecule has 6 aromatic rings. The Morgan fingerprint density at radius 2 is 1.50 bits per heavy atom. The topological polar surface area (TPSA) is 168 Å². The minimum Gasteiger partial charge on any atom is -0.481 e. The molecule has 2 N–H and O–H groups in total. The van der Waals surface area contributed by atoms with Crippen LogP contribution in [0.2, 0.25) is 10.0 Å². The maximum atomic E-state index is 13.5. The van der Waals surface area contributed by atoms with E-state index < -0.39 is 6.09 Å². The van der Waals surface area contributed by atoms with Gasteiger partial charge in [0.15, 0.2) is 5.65 Å². The molecule has 1 atom stereocenters. The molecule has 2 aliphatic heterocycles. The molecule has 4 amide bonds. The van der Waals surface area contributed by atoms with Crippen molar-refractivity contribution in [2.45, 2.75) is 38.4 Å². The van der Waals surface area contributed by atoms with Crippen LogP contribution in [0.25, 0.3) is 39.2 Å². The van der Waals surface area contributed by atoms with Crippen LogP contribution in [-0.4, -0.2) is 84.1 Å². The molecule has 5 heterocycles. The van der Waals surface area contributed by atoms with E-state index in [9.17, 15) is 29.1 Å². The molecule has 294 valence electrons. The van der Waals surface area contributed by atoms with E-state index in [1.165, 1.54) is 26.0 Å². The first kappa shape index (κ1) is 38.4. The second-order valence-corrected chi connectivity index (χ2v) is 14.7. The molecule has 3 aromatic carbocycles. The van der Waals surface area contributed by atoms with Crippen LogP contribution in [-0.2, 0) is 17.9 Å². The minimum atomic E-state index is -1.13. The molecule has 0 radical (unpaired) electrons. The number of rotatable bonds is 12. The first-order valence-corrected chi connectivity index (χ1v) is 19.2. The van der Waals surface area contributed by atoms with Crippen molar-refractivity contribution in [3.8, 4) is 39.4 Å². The van der Waals surface area contributed by atoms with Gasteiger partial charge < -0.3 is 20.1 Å². The van der Waals surface area contributed by atoms with Crippen molar-refractivity contribution >= 4 is 52.7 Å². The molecule has 14 nitrogen and oxygen atoms in total. The van der Waals surface area contributed by atoms with Crippen molar-refractivity contribution in [3.63, 3.8) is 0 Å². The van der Waals surface area contributed by atoms with Crippen molar-refractivity contribution in [1.29, 1.82) is 0 Å². The number of benzene rings is 3. The number of imide groups is 1. The predicted molar refractivity (Wildman–Crippen MR) is 216 cm³/mol. The molecule has 0 aliphatic carbocycles. The van der Waals surface area contributed by atoms with Gasteiger partial charge in [0.2, 0.25) is 11.8 Å². The fourth-order valence-electron chi connectivity index (χ4n) is 7.46. The molecule has 0 saturated carbocycles. The Labute approximate surface area is 341 Å². The number of hydrogen-bond donors (Lipinski definition) is 2. The Hall–Kier alpha value is -6.51. The van der Waals surface area contributed by atoms with Gasteiger partial charge in [0, 0.05) is 71.7 Å². The number of amides is 4. The Morgan fingerprint density at radius 3 is 2.16 bits per heavy atom. The highest BCUT2D eigenvalue weighted by molar-refractivity contribution is 6.39. The zero-order valence-corrected chi connectivity index (χ0v) is 32.5. The molecule has 1 saturated heterocycles. The number of aromatic nitrogens is 4. The number of nitrogens with zero attached hydrogens (tertiary/aromatic N) is 6. The summed E-state index contributed by atoms with van der Waals surface area (Å²) in [6.45, 7) is 0.483. The number of aryl methyl sites for hydroxylation is 1. The zero-order valence-electron chi connectivity index (χ0n) is 31.0. The number of ether oxygens (including phenoxy) is 1. The fourth-order valence-corrected chi connectivity index (χ4v) is 8.12. The second-order valence-electron chi connectivity index (χ2n) is 14.0. The van der Waals surface area contributed by atoms with E-state index in [2.05, 4.69) is 10.4 Å². The quantitative estimate of drug-likeness (QED) is 0.128. The van der Waals surface area contributed by atoms with Gasteiger partial charge in [-0.1, -0.05) is 71.7 Å². The summed E-state index contributed by atoms with van der Waals surface area (Å²) in [7, 11) is 1.46. The molecule has 3 aromatic heterocycles. The minimum absolute atomic E-state index is 0.00570. The van der Waals surface area contributed by atoms with Crippen LogP contribution in [0.1, 0.15) is 45.5 Å². The van der Waals surface area contributed by atoms with E-state index >= 15 is 0 Å². The van der Waals surface area contributed by atoms with Gasteiger partial charge in [0.1, 0.15) is 0 Å². The first-order chi connectivity index (χ1) is 28.0. The van der Waals surface area contributed by atoms with Crippen molar-refractivity contribution in [2.24, 2.45) is 0 Å². The third kappa shape index (κ3) is 7.16. The van der Waals surface area contributed by atoms with Crippen LogP contribution in [0.15, 0.2) is 95.9 Å². The number of halogens is 2. The van der Waals surface area contributed by atoms with Crippen LogP contribution in [0.4, 0.5) is 4.79 Å². The van der Waals surface area contributed by atoms with Crippen LogP contribution < -0.4 is 15.7 Å². The van der Waals surface area contributed by atoms with Crippen molar-refractivity contribution in [2.75, 3.05) is 20.2 Å². The summed E-state index contributed by atoms with van der Waals surface area (Å²) in [6.07, 6.45) is 1.81. The molecule has 1 unspecified atom stereocenters. The predicted octanol–water partition coefficient (Wildman–Crippen LogP) is 6.65. The zero-order chi connectivity index (χ0) is 40.7. The smallest absolute Gasteiger partial charge is 0.407 e. The van der Waals surface area contributed by atoms with E-state index in [1.54, 1.807) is 48.7 Å². The number of hydrogen-bond acceptors (Lipinski definition) is 8. The summed E-state index contributed by atoms with van der Waals surface area (Å²) in [5, 5.41) is 17.9. The Bertz CT molecular complexity index is 2680. The lowest BCUT2D eigenvalue weighted by Gasteiger charge is -2.23. The van der Waals surface area contributed by atoms with E-state index in [0.29, 0.717) is 85.2 Å². The van der Waals surface area contributed by atoms with Crippen LogP contribution in [0, 0.1) is 0 Å². The van der Waals surface area contributed by atoms with E-state index in [4.69, 9.17) is 32.9 Å². The van der Waals surface area contributed by atoms with Crippen molar-refractivity contribution in [1.82, 2.24) is 34.3 Å². The van der Waals surface area contributed by atoms with Gasteiger partial charge in [-0.15, -0.1) is 5.10 Å². The fraction of sp³-hybridized carbons (Fsp3) is 0.214. The van der Waals surface area contributed by atoms with Gasteiger partial charge in [-0.3, -0.25) is 19.3 Å². The van der Waals surface area contributed by atoms with Gasteiger partial charge in [0.25, 0.3) is 11.8 Å². The molecule has 16 heteroatoms. The van der Waals surface area contributed by atoms with Gasteiger partial charge >= 0.3 is 11.8 Å². The lowest BCUT2D eigenvalue weighted by molar-refractivity contribution is -0.119. The lowest BCUT2D eigenvalue weighted by atomic mass is 9.97. The molecule has 2 aliphatic rings. The van der Waals surface area contributed by atoms with Gasteiger partial charge in [-0.05, 0) is 49.2 Å². The van der Waals surface area contributed by atoms with Crippen LogP contribution >= 0.6 is 23.2 Å². The maximum absolute atomic E-state index is 13.5. The number of methoxy groups -OCH3 is 1. The van der Waals surface area contributed by atoms with E-state index in [0.717, 1.165) is 0 Å². The molecular weight excluding hydrogens is 785 g/mol. The Kier molecular flexibility index (Phi) is 10.4. The summed E-state index contributed by atoms with van der Waals surface area (Å²) in [5.41, 5.74) is 5.02. The number of fused-ring (bicyclic) bond motifs is 2. The molecular formula is C42H35Cl2N7O7. The summed E-state index contributed by atoms with van der Waals surface area (Å²) >= 11 is 14.2. The number of nitrogens with one attached hydrogen (secondary N) is 1. The van der Waals surface area contributed by atoms with E-state index in [1.807, 2.05) is 42.5 Å². The van der Waals surface area contributed by atoms with E-state index in [-0.39, 0.29) is 61.5 Å². The summed E-state index contributed by atoms with van der Waals surface area (Å²) in [4.78, 5) is 69.9. The molecule has 0 spiro atoms. The second kappa shape index (κ2) is 15.8. The number of carbonyl (C=O) groups excluding carboxylic acids is 3. The summed E-state index contributed by atoms with van der Waals surface area (Å²) in [6, 6.07) is 24.5. The summed E-state index contributed by atoms with van der Waals surface area (Å²) < 4.78 is 8.34. The van der Waals surface area contributed by atoms with Crippen LogP contribution in [0.3, 0.4) is 0 Å². The number of pyridine rings is 2. The standard InChI is InChI=1S/C42H35Cl2N7O7/c1-58-38-25(21-48(42(56)57)23-26-15-18-35(52)45-26)13-16-33(46-38)32-12-5-11-29(37(32)44)28-10-4-9-27(36(28)43)24-14-17-34-47-51(41(55)50(34)22-24)20-6-19-49-39(53)30-7-2-3-8-31(30)40(49)54/h2-5,7-14,16-17,22,26H,6,15,18-21,23H2,1H3,(H,45,52)(H,56,57). The average Bonchev–Trinajstić information content (AvgIpc) is 3.86. The largest absolute Gasteiger partial charge is 0.481 e. The Morgan fingerprint density at radius 1 is 0.845 bits per heavy atom. The van der Waals surface area contributed by atoms with Crippen molar-refractivity contribution < 1.29 is 29.0 Å². The van der Waals surface area contributed by atoms with Crippen LogP contribution in [0.5, 0.6) is 5.88 Å². The lowest BCUT2D eigenvalue weighted by Crippen LogP contribution is -2.41. The molecule has 58 heavy (non-hydrogen) atoms. The third-order valence-corrected chi connectivity index (χ3v) is 11.2. The highest BCUT2D eigenvalue weighted by Crippen LogP contribution is 2.42. The monoisotopic (exact) mass is 819 g/mol. The average molecular weight is 821 g/mol. The highest BCUT2D eigenvalue weighted by Gasteiger charge is 2.34. The van der Waals surface area contributed by atoms with Gasteiger partial charge in [-0.25, -0.2) is 23.7 Å². The van der Waals surface area contributed by atoms with Crippen molar-refractivity contribution in [3.05, 3.63) is 128 Å². The number of carboxylic acid groups (broad SMARTS) is 1. The maximum Gasteiger partial charge on any atom is 0.407 e. The number of carbonyl (C=O) groups is 4. The van der Waals surface area contributed by atoms with Gasteiger partial charge in [-0.2, -0.15) is 0 Å². The summed E-state index contributed by atoms with van der Waals surface area (Å²) in [5.74, 6) is -0.553. The SMILES string of the molecule is COc1nc(-c2cccc(-c3cccc(-c4ccc5nn(CCCN6C(=O)c7ccccc7C6=O)c(=O)n5c4)c3Cl)c2Cl)ccc1CN(CC1CCC(=O)N1)C(=O)O. The molecule has 8 rings (SSSR count). The molecule has 1 fully saturated rings.